The Labute approximate surface area is 116 Å². The number of methoxy groups -OCH3 is 1. The third-order valence-electron chi connectivity index (χ3n) is 4.55. The van der Waals surface area contributed by atoms with Crippen molar-refractivity contribution in [2.75, 3.05) is 39.8 Å². The minimum Gasteiger partial charge on any atom is -0.497 e. The maximum Gasteiger partial charge on any atom is 0.118 e. The molecule has 2 saturated heterocycles. The summed E-state index contributed by atoms with van der Waals surface area (Å²) in [5.41, 5.74) is 1.41. The molecule has 1 aromatic carbocycles. The van der Waals surface area contributed by atoms with Crippen LogP contribution >= 0.6 is 0 Å². The second-order valence-electron chi connectivity index (χ2n) is 5.73. The number of piperazine rings is 1. The fourth-order valence-electron chi connectivity index (χ4n) is 3.34. The van der Waals surface area contributed by atoms with E-state index in [9.17, 15) is 0 Å². The Morgan fingerprint density at radius 1 is 1.16 bits per heavy atom. The first-order chi connectivity index (χ1) is 9.35. The minimum absolute atomic E-state index is 0.838. The van der Waals surface area contributed by atoms with Crippen molar-refractivity contribution < 1.29 is 4.74 Å². The van der Waals surface area contributed by atoms with Gasteiger partial charge in [0, 0.05) is 32.2 Å². The number of benzene rings is 1. The van der Waals surface area contributed by atoms with E-state index in [4.69, 9.17) is 4.74 Å². The normalized spacial score (nSPS) is 24.4. The van der Waals surface area contributed by atoms with E-state index in [1.807, 2.05) is 0 Å². The number of hydrogen-bond donors (Lipinski definition) is 0. The molecule has 0 amide bonds. The largest absolute Gasteiger partial charge is 0.497 e. The third-order valence-corrected chi connectivity index (χ3v) is 4.55. The van der Waals surface area contributed by atoms with Crippen molar-refractivity contribution in [3.63, 3.8) is 0 Å². The van der Waals surface area contributed by atoms with Gasteiger partial charge < -0.3 is 9.64 Å². The lowest BCUT2D eigenvalue weighted by molar-refractivity contribution is 0.105. The molecule has 104 valence electrons. The molecule has 19 heavy (non-hydrogen) atoms. The van der Waals surface area contributed by atoms with Crippen molar-refractivity contribution in [1.82, 2.24) is 9.80 Å². The van der Waals surface area contributed by atoms with Crippen molar-refractivity contribution in [3.05, 3.63) is 29.8 Å². The summed E-state index contributed by atoms with van der Waals surface area (Å²) in [5, 5.41) is 0. The Kier molecular flexibility index (Phi) is 4.04. The molecule has 2 fully saturated rings. The molecule has 1 aromatic rings. The first-order valence-corrected chi connectivity index (χ1v) is 7.44. The fourth-order valence-corrected chi connectivity index (χ4v) is 3.34. The topological polar surface area (TPSA) is 15.7 Å². The van der Waals surface area contributed by atoms with Gasteiger partial charge in [-0.3, -0.25) is 4.90 Å². The van der Waals surface area contributed by atoms with E-state index in [-0.39, 0.29) is 0 Å². The lowest BCUT2D eigenvalue weighted by atomic mass is 10.1. The van der Waals surface area contributed by atoms with Crippen LogP contribution in [0.15, 0.2) is 24.3 Å². The molecule has 0 aliphatic carbocycles. The van der Waals surface area contributed by atoms with Gasteiger partial charge in [-0.2, -0.15) is 0 Å². The summed E-state index contributed by atoms with van der Waals surface area (Å²) in [6, 6.07) is 9.33. The molecule has 1 atom stereocenters. The van der Waals surface area contributed by atoms with Gasteiger partial charge in [-0.15, -0.1) is 0 Å². The van der Waals surface area contributed by atoms with Gasteiger partial charge in [0.25, 0.3) is 0 Å². The van der Waals surface area contributed by atoms with E-state index in [1.54, 1.807) is 7.11 Å². The van der Waals surface area contributed by atoms with E-state index in [0.717, 1.165) is 18.2 Å². The zero-order valence-corrected chi connectivity index (χ0v) is 11.8. The minimum atomic E-state index is 0.838. The van der Waals surface area contributed by atoms with Crippen LogP contribution in [-0.2, 0) is 6.42 Å². The predicted molar refractivity (Wildman–Crippen MR) is 77.7 cm³/mol. The molecule has 0 radical (unpaired) electrons. The molecular weight excluding hydrogens is 236 g/mol. The van der Waals surface area contributed by atoms with E-state index in [0.29, 0.717) is 0 Å². The highest BCUT2D eigenvalue weighted by atomic mass is 16.5. The van der Waals surface area contributed by atoms with Crippen molar-refractivity contribution >= 4 is 0 Å². The average Bonchev–Trinajstić information content (AvgIpc) is 2.93. The van der Waals surface area contributed by atoms with Crippen molar-refractivity contribution in [2.24, 2.45) is 0 Å². The van der Waals surface area contributed by atoms with Gasteiger partial charge in [-0.25, -0.2) is 0 Å². The SMILES string of the molecule is COc1ccc(CCN2CCN3CCC[C@@H]3C2)cc1. The summed E-state index contributed by atoms with van der Waals surface area (Å²) in [6.07, 6.45) is 3.95. The van der Waals surface area contributed by atoms with E-state index < -0.39 is 0 Å². The number of rotatable bonds is 4. The number of nitrogens with zero attached hydrogens (tertiary/aromatic N) is 2. The van der Waals surface area contributed by atoms with Crippen LogP contribution in [0.3, 0.4) is 0 Å². The highest BCUT2D eigenvalue weighted by Gasteiger charge is 2.29. The van der Waals surface area contributed by atoms with Gasteiger partial charge in [-0.05, 0) is 43.5 Å². The maximum absolute atomic E-state index is 5.20. The van der Waals surface area contributed by atoms with Crippen LogP contribution < -0.4 is 4.74 Å². The summed E-state index contributed by atoms with van der Waals surface area (Å²) < 4.78 is 5.20. The fraction of sp³-hybridized carbons (Fsp3) is 0.625. The molecule has 3 rings (SSSR count). The standard InChI is InChI=1S/C16H24N2O/c1-19-16-6-4-14(5-7-16)8-10-17-11-12-18-9-2-3-15(18)13-17/h4-7,15H,2-3,8-13H2,1H3/t15-/m1/s1. The molecule has 2 heterocycles. The first kappa shape index (κ1) is 12.9. The molecule has 2 aliphatic rings. The average molecular weight is 260 g/mol. The second kappa shape index (κ2) is 5.93. The van der Waals surface area contributed by atoms with E-state index in [2.05, 4.69) is 34.1 Å². The van der Waals surface area contributed by atoms with Crippen LogP contribution in [0.5, 0.6) is 5.75 Å². The highest BCUT2D eigenvalue weighted by Crippen LogP contribution is 2.21. The van der Waals surface area contributed by atoms with Crippen LogP contribution in [0.25, 0.3) is 0 Å². The Morgan fingerprint density at radius 2 is 2.00 bits per heavy atom. The quantitative estimate of drug-likeness (QED) is 0.824. The summed E-state index contributed by atoms with van der Waals surface area (Å²) >= 11 is 0. The van der Waals surface area contributed by atoms with Crippen LogP contribution in [0.4, 0.5) is 0 Å². The zero-order valence-electron chi connectivity index (χ0n) is 11.8. The monoisotopic (exact) mass is 260 g/mol. The van der Waals surface area contributed by atoms with Gasteiger partial charge in [-0.1, -0.05) is 12.1 Å². The molecular formula is C16H24N2O. The first-order valence-electron chi connectivity index (χ1n) is 7.44. The summed E-state index contributed by atoms with van der Waals surface area (Å²) in [7, 11) is 1.72. The lowest BCUT2D eigenvalue weighted by Gasteiger charge is -2.37. The predicted octanol–water partition coefficient (Wildman–Crippen LogP) is 2.02. The molecule has 0 unspecified atom stereocenters. The molecule has 0 N–H and O–H groups in total. The number of ether oxygens (including phenoxy) is 1. The van der Waals surface area contributed by atoms with E-state index in [1.165, 1.54) is 51.1 Å². The summed E-state index contributed by atoms with van der Waals surface area (Å²) in [4.78, 5) is 5.31. The van der Waals surface area contributed by atoms with Gasteiger partial charge in [0.2, 0.25) is 0 Å². The highest BCUT2D eigenvalue weighted by molar-refractivity contribution is 5.27. The Bertz CT molecular complexity index is 404. The zero-order chi connectivity index (χ0) is 13.1. The lowest BCUT2D eigenvalue weighted by Crippen LogP contribution is -2.50. The van der Waals surface area contributed by atoms with Crippen molar-refractivity contribution in [1.29, 1.82) is 0 Å². The second-order valence-corrected chi connectivity index (χ2v) is 5.73. The number of fused-ring (bicyclic) bond motifs is 1. The van der Waals surface area contributed by atoms with Gasteiger partial charge in [0.1, 0.15) is 5.75 Å². The van der Waals surface area contributed by atoms with Gasteiger partial charge in [0.05, 0.1) is 7.11 Å². The van der Waals surface area contributed by atoms with Crippen molar-refractivity contribution in [3.8, 4) is 5.75 Å². The van der Waals surface area contributed by atoms with Gasteiger partial charge >= 0.3 is 0 Å². The number of hydrogen-bond acceptors (Lipinski definition) is 3. The smallest absolute Gasteiger partial charge is 0.118 e. The van der Waals surface area contributed by atoms with Crippen molar-refractivity contribution in [2.45, 2.75) is 25.3 Å². The van der Waals surface area contributed by atoms with E-state index >= 15 is 0 Å². The molecule has 0 saturated carbocycles. The Hall–Kier alpha value is -1.06. The van der Waals surface area contributed by atoms with Crippen LogP contribution in [0, 0.1) is 0 Å². The summed E-state index contributed by atoms with van der Waals surface area (Å²) in [6.45, 7) is 6.31. The molecule has 3 heteroatoms. The molecule has 0 spiro atoms. The Morgan fingerprint density at radius 3 is 2.79 bits per heavy atom. The molecule has 3 nitrogen and oxygen atoms in total. The third kappa shape index (κ3) is 3.10. The Balaban J connectivity index is 1.49. The van der Waals surface area contributed by atoms with Crippen LogP contribution in [0.2, 0.25) is 0 Å². The molecule has 2 aliphatic heterocycles. The molecule has 0 bridgehead atoms. The van der Waals surface area contributed by atoms with Gasteiger partial charge in [0.15, 0.2) is 0 Å². The molecule has 0 aromatic heterocycles. The summed E-state index contributed by atoms with van der Waals surface area (Å²) in [5.74, 6) is 0.948. The van der Waals surface area contributed by atoms with Crippen LogP contribution in [0.1, 0.15) is 18.4 Å². The van der Waals surface area contributed by atoms with Crippen LogP contribution in [-0.4, -0.2) is 55.7 Å². The maximum atomic E-state index is 5.20.